The number of aromatic nitrogens is 1. The van der Waals surface area contributed by atoms with E-state index in [2.05, 4.69) is 10.3 Å². The van der Waals surface area contributed by atoms with Crippen molar-refractivity contribution in [2.75, 3.05) is 6.61 Å². The minimum atomic E-state index is -4.21. The Hall–Kier alpha value is -1.30. The van der Waals surface area contributed by atoms with Crippen molar-refractivity contribution in [3.05, 3.63) is 22.9 Å². The molecule has 0 atom stereocenters. The Bertz CT molecular complexity index is 445. The largest absolute Gasteiger partial charge is 0.477 e. The average Bonchev–Trinajstić information content (AvgIpc) is 2.25. The summed E-state index contributed by atoms with van der Waals surface area (Å²) in [6, 6.07) is 2.17. The standard InChI is InChI=1S/C14H21F3N2O/c1-9(2)18-8-12-10(3)7-11(4)19-13(12)20-6-5-14(15,16)17/h7,9,18H,5-6,8H2,1-4H3. The second kappa shape index (κ2) is 6.92. The van der Waals surface area contributed by atoms with Crippen molar-refractivity contribution in [2.24, 2.45) is 0 Å². The molecule has 20 heavy (non-hydrogen) atoms. The van der Waals surface area contributed by atoms with Crippen LogP contribution in [0.25, 0.3) is 0 Å². The maximum atomic E-state index is 12.2. The third-order valence-corrected chi connectivity index (χ3v) is 2.75. The van der Waals surface area contributed by atoms with Crippen LogP contribution in [0.5, 0.6) is 5.88 Å². The number of hydrogen-bond donors (Lipinski definition) is 1. The predicted molar refractivity (Wildman–Crippen MR) is 71.9 cm³/mol. The van der Waals surface area contributed by atoms with Gasteiger partial charge in [-0.25, -0.2) is 4.98 Å². The normalized spacial score (nSPS) is 12.0. The van der Waals surface area contributed by atoms with Crippen molar-refractivity contribution in [1.82, 2.24) is 10.3 Å². The highest BCUT2D eigenvalue weighted by molar-refractivity contribution is 5.35. The van der Waals surface area contributed by atoms with Crippen LogP contribution in [0.15, 0.2) is 6.07 Å². The monoisotopic (exact) mass is 290 g/mol. The van der Waals surface area contributed by atoms with Gasteiger partial charge in [-0.2, -0.15) is 13.2 Å². The fourth-order valence-corrected chi connectivity index (χ4v) is 1.73. The first kappa shape index (κ1) is 16.8. The average molecular weight is 290 g/mol. The summed E-state index contributed by atoms with van der Waals surface area (Å²) in [4.78, 5) is 4.20. The summed E-state index contributed by atoms with van der Waals surface area (Å²) >= 11 is 0. The highest BCUT2D eigenvalue weighted by Crippen LogP contribution is 2.24. The lowest BCUT2D eigenvalue weighted by molar-refractivity contribution is -0.139. The van der Waals surface area contributed by atoms with Crippen LogP contribution in [-0.4, -0.2) is 23.8 Å². The van der Waals surface area contributed by atoms with E-state index < -0.39 is 19.2 Å². The smallest absolute Gasteiger partial charge is 0.392 e. The van der Waals surface area contributed by atoms with E-state index in [1.165, 1.54) is 0 Å². The zero-order chi connectivity index (χ0) is 15.3. The second-order valence-electron chi connectivity index (χ2n) is 5.11. The first-order chi connectivity index (χ1) is 9.19. The van der Waals surface area contributed by atoms with Crippen molar-refractivity contribution in [3.8, 4) is 5.88 Å². The fraction of sp³-hybridized carbons (Fsp3) is 0.643. The number of aryl methyl sites for hydroxylation is 2. The molecule has 3 nitrogen and oxygen atoms in total. The number of nitrogens with zero attached hydrogens (tertiary/aromatic N) is 1. The topological polar surface area (TPSA) is 34.1 Å². The molecule has 0 spiro atoms. The van der Waals surface area contributed by atoms with E-state index in [1.54, 1.807) is 6.92 Å². The van der Waals surface area contributed by atoms with E-state index in [1.807, 2.05) is 26.8 Å². The van der Waals surface area contributed by atoms with Gasteiger partial charge in [-0.3, -0.25) is 0 Å². The van der Waals surface area contributed by atoms with Crippen molar-refractivity contribution in [2.45, 2.75) is 52.9 Å². The van der Waals surface area contributed by atoms with Crippen molar-refractivity contribution >= 4 is 0 Å². The SMILES string of the molecule is Cc1cc(C)c(CNC(C)C)c(OCCC(F)(F)F)n1. The lowest BCUT2D eigenvalue weighted by Crippen LogP contribution is -2.23. The van der Waals surface area contributed by atoms with Crippen LogP contribution in [-0.2, 0) is 6.54 Å². The Kier molecular flexibility index (Phi) is 5.80. The molecule has 1 rings (SSSR count). The molecule has 6 heteroatoms. The quantitative estimate of drug-likeness (QED) is 0.870. The molecule has 0 saturated carbocycles. The van der Waals surface area contributed by atoms with Gasteiger partial charge in [0.2, 0.25) is 5.88 Å². The van der Waals surface area contributed by atoms with Gasteiger partial charge in [-0.05, 0) is 25.5 Å². The summed E-state index contributed by atoms with van der Waals surface area (Å²) < 4.78 is 41.7. The van der Waals surface area contributed by atoms with Crippen molar-refractivity contribution < 1.29 is 17.9 Å². The number of halogens is 3. The van der Waals surface area contributed by atoms with Gasteiger partial charge in [0, 0.05) is 23.8 Å². The molecule has 0 amide bonds. The number of ether oxygens (including phenoxy) is 1. The Morgan fingerprint density at radius 2 is 1.95 bits per heavy atom. The Morgan fingerprint density at radius 3 is 2.50 bits per heavy atom. The van der Waals surface area contributed by atoms with Gasteiger partial charge in [-0.15, -0.1) is 0 Å². The molecule has 1 aromatic heterocycles. The molecule has 0 unspecified atom stereocenters. The van der Waals surface area contributed by atoms with E-state index in [9.17, 15) is 13.2 Å². The lowest BCUT2D eigenvalue weighted by atomic mass is 10.1. The van der Waals surface area contributed by atoms with Gasteiger partial charge in [0.25, 0.3) is 0 Å². The fourth-order valence-electron chi connectivity index (χ4n) is 1.73. The zero-order valence-corrected chi connectivity index (χ0v) is 12.3. The van der Waals surface area contributed by atoms with Gasteiger partial charge in [0.15, 0.2) is 0 Å². The molecular weight excluding hydrogens is 269 g/mol. The molecule has 0 aromatic carbocycles. The van der Waals surface area contributed by atoms with Gasteiger partial charge >= 0.3 is 6.18 Å². The Labute approximate surface area is 117 Å². The summed E-state index contributed by atoms with van der Waals surface area (Å²) in [7, 11) is 0. The van der Waals surface area contributed by atoms with Crippen LogP contribution < -0.4 is 10.1 Å². The molecule has 1 aromatic rings. The Balaban J connectivity index is 2.81. The summed E-state index contributed by atoms with van der Waals surface area (Å²) in [5, 5.41) is 3.23. The summed E-state index contributed by atoms with van der Waals surface area (Å²) in [5.74, 6) is 0.292. The third-order valence-electron chi connectivity index (χ3n) is 2.75. The highest BCUT2D eigenvalue weighted by Gasteiger charge is 2.27. The minimum absolute atomic E-state index is 0.277. The van der Waals surface area contributed by atoms with Crippen LogP contribution in [0.3, 0.4) is 0 Å². The number of rotatable bonds is 6. The number of hydrogen-bond acceptors (Lipinski definition) is 3. The molecular formula is C14H21F3N2O. The number of pyridine rings is 1. The predicted octanol–water partition coefficient (Wildman–Crippen LogP) is 3.53. The lowest BCUT2D eigenvalue weighted by Gasteiger charge is -2.16. The van der Waals surface area contributed by atoms with Gasteiger partial charge in [0.05, 0.1) is 13.0 Å². The molecule has 1 heterocycles. The van der Waals surface area contributed by atoms with E-state index in [-0.39, 0.29) is 6.04 Å². The molecule has 0 aliphatic rings. The van der Waals surface area contributed by atoms with Crippen LogP contribution in [0, 0.1) is 13.8 Å². The van der Waals surface area contributed by atoms with Gasteiger partial charge < -0.3 is 10.1 Å². The maximum Gasteiger partial charge on any atom is 0.392 e. The molecule has 0 saturated heterocycles. The van der Waals surface area contributed by atoms with E-state index in [0.717, 1.165) is 16.8 Å². The molecule has 114 valence electrons. The van der Waals surface area contributed by atoms with Gasteiger partial charge in [0.1, 0.15) is 0 Å². The maximum absolute atomic E-state index is 12.2. The number of nitrogens with one attached hydrogen (secondary N) is 1. The van der Waals surface area contributed by atoms with Crippen LogP contribution in [0.4, 0.5) is 13.2 Å². The first-order valence-electron chi connectivity index (χ1n) is 6.59. The van der Waals surface area contributed by atoms with Crippen LogP contribution in [0.1, 0.15) is 37.1 Å². The molecule has 0 aliphatic carbocycles. The molecule has 0 radical (unpaired) electrons. The van der Waals surface area contributed by atoms with Crippen LogP contribution in [0.2, 0.25) is 0 Å². The van der Waals surface area contributed by atoms with Crippen molar-refractivity contribution in [1.29, 1.82) is 0 Å². The first-order valence-corrected chi connectivity index (χ1v) is 6.59. The van der Waals surface area contributed by atoms with Crippen molar-refractivity contribution in [3.63, 3.8) is 0 Å². The summed E-state index contributed by atoms with van der Waals surface area (Å²) in [5.41, 5.74) is 2.51. The second-order valence-corrected chi connectivity index (χ2v) is 5.11. The zero-order valence-electron chi connectivity index (χ0n) is 12.3. The number of alkyl halides is 3. The molecule has 0 aliphatic heterocycles. The van der Waals surface area contributed by atoms with E-state index >= 15 is 0 Å². The molecule has 1 N–H and O–H groups in total. The molecule has 0 bridgehead atoms. The highest BCUT2D eigenvalue weighted by atomic mass is 19.4. The Morgan fingerprint density at radius 1 is 1.30 bits per heavy atom. The van der Waals surface area contributed by atoms with E-state index in [0.29, 0.717) is 12.4 Å². The minimum Gasteiger partial charge on any atom is -0.477 e. The van der Waals surface area contributed by atoms with E-state index in [4.69, 9.17) is 4.74 Å². The third kappa shape index (κ3) is 5.77. The summed E-state index contributed by atoms with van der Waals surface area (Å²) in [6.07, 6.45) is -5.19. The van der Waals surface area contributed by atoms with Gasteiger partial charge in [-0.1, -0.05) is 13.8 Å². The summed E-state index contributed by atoms with van der Waals surface area (Å²) in [6.45, 7) is 7.82. The molecule has 0 fully saturated rings. The van der Waals surface area contributed by atoms with Crippen LogP contribution >= 0.6 is 0 Å².